The molecule has 3 rings (SSSR count). The highest BCUT2D eigenvalue weighted by Crippen LogP contribution is 2.30. The standard InChI is InChI=1S/C24H28FN3O5S/c1-4-20(23(30)26-13-16(2)3)27(14-17-9-11-18(25)12-10-17)22(29)15-28-24(31)19-7-5-6-8-21(19)34(28,32)33/h5-12,16,20H,4,13-15H2,1-3H3,(H,26,30)/t20-/m0/s1. The maximum Gasteiger partial charge on any atom is 0.269 e. The van der Waals surface area contributed by atoms with Crippen molar-refractivity contribution in [2.75, 3.05) is 13.1 Å². The molecule has 10 heteroatoms. The van der Waals surface area contributed by atoms with Gasteiger partial charge in [-0.2, -0.15) is 0 Å². The van der Waals surface area contributed by atoms with Gasteiger partial charge in [-0.3, -0.25) is 14.4 Å². The van der Waals surface area contributed by atoms with E-state index >= 15 is 0 Å². The molecule has 1 N–H and O–H groups in total. The predicted octanol–water partition coefficient (Wildman–Crippen LogP) is 2.55. The van der Waals surface area contributed by atoms with Crippen molar-refractivity contribution in [3.63, 3.8) is 0 Å². The molecule has 0 saturated heterocycles. The van der Waals surface area contributed by atoms with E-state index in [2.05, 4.69) is 5.32 Å². The summed E-state index contributed by atoms with van der Waals surface area (Å²) in [5.74, 6) is -2.14. The van der Waals surface area contributed by atoms with Gasteiger partial charge < -0.3 is 10.2 Å². The molecular formula is C24H28FN3O5S. The lowest BCUT2D eigenvalue weighted by molar-refractivity contribution is -0.141. The smallest absolute Gasteiger partial charge is 0.269 e. The zero-order valence-corrected chi connectivity index (χ0v) is 20.1. The van der Waals surface area contributed by atoms with Gasteiger partial charge in [0.1, 0.15) is 23.3 Å². The second-order valence-corrected chi connectivity index (χ2v) is 10.4. The Hall–Kier alpha value is -3.27. The number of sulfonamides is 1. The van der Waals surface area contributed by atoms with E-state index in [1.165, 1.54) is 47.4 Å². The molecule has 0 bridgehead atoms. The van der Waals surface area contributed by atoms with Crippen LogP contribution >= 0.6 is 0 Å². The monoisotopic (exact) mass is 489 g/mol. The van der Waals surface area contributed by atoms with Crippen molar-refractivity contribution >= 4 is 27.7 Å². The lowest BCUT2D eigenvalue weighted by atomic mass is 10.1. The van der Waals surface area contributed by atoms with E-state index in [-0.39, 0.29) is 35.2 Å². The quantitative estimate of drug-likeness (QED) is 0.583. The molecule has 0 aromatic heterocycles. The normalized spacial score (nSPS) is 15.2. The molecule has 1 heterocycles. The topological polar surface area (TPSA) is 104 Å². The lowest BCUT2D eigenvalue weighted by Gasteiger charge is -2.32. The summed E-state index contributed by atoms with van der Waals surface area (Å²) in [6.07, 6.45) is 0.262. The zero-order chi connectivity index (χ0) is 25.0. The molecule has 1 aliphatic heterocycles. The van der Waals surface area contributed by atoms with Gasteiger partial charge in [0.2, 0.25) is 11.8 Å². The number of hydrogen-bond acceptors (Lipinski definition) is 5. The van der Waals surface area contributed by atoms with Crippen molar-refractivity contribution in [2.24, 2.45) is 5.92 Å². The first kappa shape index (κ1) is 25.4. The summed E-state index contributed by atoms with van der Waals surface area (Å²) in [7, 11) is -4.19. The Bertz CT molecular complexity index is 1180. The first-order valence-electron chi connectivity index (χ1n) is 11.0. The number of nitrogens with one attached hydrogen (secondary N) is 1. The lowest BCUT2D eigenvalue weighted by Crippen LogP contribution is -2.52. The number of halogens is 1. The Morgan fingerprint density at radius 2 is 1.74 bits per heavy atom. The summed E-state index contributed by atoms with van der Waals surface area (Å²) >= 11 is 0. The van der Waals surface area contributed by atoms with Gasteiger partial charge in [-0.15, -0.1) is 0 Å². The molecule has 0 unspecified atom stereocenters. The maximum absolute atomic E-state index is 13.4. The summed E-state index contributed by atoms with van der Waals surface area (Å²) in [5.41, 5.74) is 0.561. The summed E-state index contributed by atoms with van der Waals surface area (Å²) in [4.78, 5) is 40.2. The number of rotatable bonds is 9. The Morgan fingerprint density at radius 3 is 2.32 bits per heavy atom. The van der Waals surface area contributed by atoms with Crippen LogP contribution in [0.25, 0.3) is 0 Å². The summed E-state index contributed by atoms with van der Waals surface area (Å²) in [6.45, 7) is 5.21. The molecule has 1 atom stereocenters. The van der Waals surface area contributed by atoms with Crippen molar-refractivity contribution in [2.45, 2.75) is 44.7 Å². The molecule has 8 nitrogen and oxygen atoms in total. The van der Waals surface area contributed by atoms with Crippen LogP contribution in [0.3, 0.4) is 0 Å². The minimum absolute atomic E-state index is 0.00195. The van der Waals surface area contributed by atoms with Crippen molar-refractivity contribution in [3.05, 3.63) is 65.5 Å². The third-order valence-electron chi connectivity index (χ3n) is 5.53. The van der Waals surface area contributed by atoms with E-state index in [0.717, 1.165) is 0 Å². The third kappa shape index (κ3) is 5.27. The Morgan fingerprint density at radius 1 is 1.09 bits per heavy atom. The van der Waals surface area contributed by atoms with Gasteiger partial charge in [-0.1, -0.05) is 45.0 Å². The number of amides is 3. The number of nitrogens with zero attached hydrogens (tertiary/aromatic N) is 2. The van der Waals surface area contributed by atoms with Gasteiger partial charge >= 0.3 is 0 Å². The van der Waals surface area contributed by atoms with Crippen LogP contribution in [0.2, 0.25) is 0 Å². The Kier molecular flexibility index (Phi) is 7.71. The largest absolute Gasteiger partial charge is 0.354 e. The van der Waals surface area contributed by atoms with Crippen LogP contribution in [0, 0.1) is 11.7 Å². The van der Waals surface area contributed by atoms with Crippen LogP contribution in [0.15, 0.2) is 53.4 Å². The SMILES string of the molecule is CC[C@@H](C(=O)NCC(C)C)N(Cc1ccc(F)cc1)C(=O)CN1C(=O)c2ccccc2S1(=O)=O. The van der Waals surface area contributed by atoms with E-state index in [1.54, 1.807) is 13.0 Å². The summed E-state index contributed by atoms with van der Waals surface area (Å²) in [5, 5.41) is 2.80. The second-order valence-electron chi connectivity index (χ2n) is 8.52. The van der Waals surface area contributed by atoms with Crippen molar-refractivity contribution in [3.8, 4) is 0 Å². The molecule has 2 aromatic carbocycles. The Balaban J connectivity index is 1.90. The number of benzene rings is 2. The first-order valence-corrected chi connectivity index (χ1v) is 12.5. The van der Waals surface area contributed by atoms with E-state index in [4.69, 9.17) is 0 Å². The molecule has 0 aliphatic carbocycles. The molecule has 182 valence electrons. The fraction of sp³-hybridized carbons (Fsp3) is 0.375. The molecule has 0 saturated carbocycles. The van der Waals surface area contributed by atoms with Crippen molar-refractivity contribution in [1.82, 2.24) is 14.5 Å². The van der Waals surface area contributed by atoms with Gasteiger partial charge in [-0.25, -0.2) is 17.1 Å². The summed E-state index contributed by atoms with van der Waals surface area (Å²) in [6, 6.07) is 10.3. The highest BCUT2D eigenvalue weighted by atomic mass is 32.2. The van der Waals surface area contributed by atoms with Gasteiger partial charge in [0.15, 0.2) is 0 Å². The van der Waals surface area contributed by atoms with Crippen LogP contribution in [0.1, 0.15) is 43.1 Å². The number of hydrogen-bond donors (Lipinski definition) is 1. The van der Waals surface area contributed by atoms with Crippen LogP contribution < -0.4 is 5.32 Å². The average Bonchev–Trinajstić information content (AvgIpc) is 2.99. The molecule has 2 aromatic rings. The molecule has 0 fully saturated rings. The zero-order valence-electron chi connectivity index (χ0n) is 19.3. The highest BCUT2D eigenvalue weighted by Gasteiger charge is 2.43. The Labute approximate surface area is 198 Å². The van der Waals surface area contributed by atoms with Crippen LogP contribution in [-0.4, -0.2) is 54.5 Å². The minimum Gasteiger partial charge on any atom is -0.354 e. The fourth-order valence-corrected chi connectivity index (χ4v) is 5.25. The number of carbonyl (C=O) groups excluding carboxylic acids is 3. The van der Waals surface area contributed by atoms with E-state index in [9.17, 15) is 27.2 Å². The molecule has 0 spiro atoms. The van der Waals surface area contributed by atoms with Crippen LogP contribution in [0.4, 0.5) is 4.39 Å². The maximum atomic E-state index is 13.4. The molecule has 1 aliphatic rings. The highest BCUT2D eigenvalue weighted by molar-refractivity contribution is 7.90. The third-order valence-corrected chi connectivity index (χ3v) is 7.31. The van der Waals surface area contributed by atoms with Gasteiger partial charge in [0.05, 0.1) is 5.56 Å². The summed E-state index contributed by atoms with van der Waals surface area (Å²) < 4.78 is 39.7. The molecule has 34 heavy (non-hydrogen) atoms. The molecule has 0 radical (unpaired) electrons. The predicted molar refractivity (Wildman–Crippen MR) is 124 cm³/mol. The first-order chi connectivity index (χ1) is 16.1. The van der Waals surface area contributed by atoms with Crippen LogP contribution in [-0.2, 0) is 26.2 Å². The van der Waals surface area contributed by atoms with E-state index in [0.29, 0.717) is 16.4 Å². The number of fused-ring (bicyclic) bond motifs is 1. The van der Waals surface area contributed by atoms with Gasteiger partial charge in [0.25, 0.3) is 15.9 Å². The fourth-order valence-electron chi connectivity index (χ4n) is 3.73. The number of carbonyl (C=O) groups is 3. The van der Waals surface area contributed by atoms with Crippen LogP contribution in [0.5, 0.6) is 0 Å². The second kappa shape index (κ2) is 10.3. The van der Waals surface area contributed by atoms with E-state index in [1.807, 2.05) is 13.8 Å². The molecule has 3 amide bonds. The molecular weight excluding hydrogens is 461 g/mol. The van der Waals surface area contributed by atoms with Gasteiger partial charge in [0, 0.05) is 13.1 Å². The average molecular weight is 490 g/mol. The minimum atomic E-state index is -4.19. The van der Waals surface area contributed by atoms with Crippen molar-refractivity contribution in [1.29, 1.82) is 0 Å². The van der Waals surface area contributed by atoms with E-state index < -0.39 is 40.2 Å². The van der Waals surface area contributed by atoms with Crippen molar-refractivity contribution < 1.29 is 27.2 Å². The van der Waals surface area contributed by atoms with Gasteiger partial charge in [-0.05, 0) is 42.2 Å².